The zero-order valence-electron chi connectivity index (χ0n) is 10.3. The Balaban J connectivity index is 1.84. The number of rotatable bonds is 2. The zero-order chi connectivity index (χ0) is 12.4. The Bertz CT molecular complexity index is 309. The molecule has 96 valence electrons. The van der Waals surface area contributed by atoms with Gasteiger partial charge in [-0.25, -0.2) is 0 Å². The van der Waals surface area contributed by atoms with E-state index in [1.54, 1.807) is 0 Å². The minimum atomic E-state index is -0.144. The monoisotopic (exact) mass is 239 g/mol. The third-order valence-electron chi connectivity index (χ3n) is 3.92. The second-order valence-corrected chi connectivity index (χ2v) is 5.23. The van der Waals surface area contributed by atoms with Gasteiger partial charge >= 0.3 is 0 Å². The summed E-state index contributed by atoms with van der Waals surface area (Å²) in [7, 11) is 0. The van der Waals surface area contributed by atoms with E-state index in [2.05, 4.69) is 5.32 Å². The lowest BCUT2D eigenvalue weighted by molar-refractivity contribution is -0.137. The van der Waals surface area contributed by atoms with Gasteiger partial charge in [-0.3, -0.25) is 9.59 Å². The average molecular weight is 239 g/mol. The Kier molecular flexibility index (Phi) is 3.66. The minimum Gasteiger partial charge on any atom is -0.355 e. The molecule has 2 aliphatic rings. The van der Waals surface area contributed by atoms with E-state index in [9.17, 15) is 9.59 Å². The molecular formula is C12H21N3O2. The third-order valence-corrected chi connectivity index (χ3v) is 3.92. The molecule has 2 rings (SSSR count). The van der Waals surface area contributed by atoms with E-state index in [4.69, 9.17) is 5.73 Å². The molecule has 3 N–H and O–H groups in total. The highest BCUT2D eigenvalue weighted by Gasteiger charge is 2.33. The van der Waals surface area contributed by atoms with Crippen LogP contribution in [0.5, 0.6) is 0 Å². The van der Waals surface area contributed by atoms with Crippen LogP contribution in [0, 0.1) is 11.8 Å². The number of nitrogens with zero attached hydrogens (tertiary/aromatic N) is 1. The highest BCUT2D eigenvalue weighted by atomic mass is 16.2. The molecule has 5 heteroatoms. The number of nitrogens with two attached hydrogens (primary N) is 1. The molecule has 5 nitrogen and oxygen atoms in total. The van der Waals surface area contributed by atoms with Crippen LogP contribution < -0.4 is 11.1 Å². The van der Waals surface area contributed by atoms with Crippen LogP contribution in [0.4, 0.5) is 0 Å². The molecule has 0 aromatic carbocycles. The van der Waals surface area contributed by atoms with Crippen molar-refractivity contribution in [2.45, 2.75) is 32.2 Å². The molecule has 2 heterocycles. The molecular weight excluding hydrogens is 218 g/mol. The first kappa shape index (κ1) is 12.4. The summed E-state index contributed by atoms with van der Waals surface area (Å²) in [6.07, 6.45) is 2.32. The topological polar surface area (TPSA) is 75.4 Å². The summed E-state index contributed by atoms with van der Waals surface area (Å²) in [5.41, 5.74) is 5.87. The minimum absolute atomic E-state index is 0.00573. The fourth-order valence-electron chi connectivity index (χ4n) is 2.68. The van der Waals surface area contributed by atoms with Gasteiger partial charge in [0, 0.05) is 32.1 Å². The van der Waals surface area contributed by atoms with Crippen molar-refractivity contribution in [2.24, 2.45) is 17.6 Å². The first-order valence-electron chi connectivity index (χ1n) is 6.39. The van der Waals surface area contributed by atoms with Crippen LogP contribution in [-0.2, 0) is 9.59 Å². The van der Waals surface area contributed by atoms with Crippen molar-refractivity contribution >= 4 is 11.8 Å². The van der Waals surface area contributed by atoms with Gasteiger partial charge in [-0.2, -0.15) is 0 Å². The summed E-state index contributed by atoms with van der Waals surface area (Å²) in [4.78, 5) is 25.1. The van der Waals surface area contributed by atoms with E-state index in [0.29, 0.717) is 18.9 Å². The van der Waals surface area contributed by atoms with E-state index in [1.165, 1.54) is 0 Å². The van der Waals surface area contributed by atoms with Gasteiger partial charge in [0.25, 0.3) is 0 Å². The number of nitrogens with one attached hydrogen (secondary N) is 1. The van der Waals surface area contributed by atoms with Crippen molar-refractivity contribution < 1.29 is 9.59 Å². The molecule has 2 amide bonds. The lowest BCUT2D eigenvalue weighted by Gasteiger charge is -2.34. The molecule has 2 atom stereocenters. The first-order valence-corrected chi connectivity index (χ1v) is 6.39. The predicted octanol–water partition coefficient (Wildman–Crippen LogP) is -0.292. The maximum absolute atomic E-state index is 12.1. The van der Waals surface area contributed by atoms with Crippen LogP contribution >= 0.6 is 0 Å². The van der Waals surface area contributed by atoms with Crippen molar-refractivity contribution in [1.82, 2.24) is 10.2 Å². The number of carbonyl (C=O) groups is 2. The SMILES string of the molecule is CC(N)C1CCN(C(=O)C2CNC(=O)C2)CC1. The summed E-state index contributed by atoms with van der Waals surface area (Å²) < 4.78 is 0. The molecule has 0 saturated carbocycles. The van der Waals surface area contributed by atoms with Crippen LogP contribution in [0.2, 0.25) is 0 Å². The summed E-state index contributed by atoms with van der Waals surface area (Å²) in [5, 5.41) is 2.71. The Hall–Kier alpha value is -1.10. The number of amides is 2. The van der Waals surface area contributed by atoms with Gasteiger partial charge in [-0.05, 0) is 25.7 Å². The Labute approximate surface area is 102 Å². The van der Waals surface area contributed by atoms with E-state index < -0.39 is 0 Å². The van der Waals surface area contributed by atoms with Gasteiger partial charge in [0.15, 0.2) is 0 Å². The number of carbonyl (C=O) groups excluding carboxylic acids is 2. The van der Waals surface area contributed by atoms with E-state index in [0.717, 1.165) is 25.9 Å². The van der Waals surface area contributed by atoms with Crippen molar-refractivity contribution in [3.63, 3.8) is 0 Å². The maximum Gasteiger partial charge on any atom is 0.227 e. The van der Waals surface area contributed by atoms with Crippen molar-refractivity contribution in [1.29, 1.82) is 0 Å². The van der Waals surface area contributed by atoms with E-state index in [1.807, 2.05) is 11.8 Å². The molecule has 0 aromatic rings. The summed E-state index contributed by atoms with van der Waals surface area (Å²) in [6, 6.07) is 0.210. The Morgan fingerprint density at radius 1 is 1.47 bits per heavy atom. The van der Waals surface area contributed by atoms with Crippen molar-refractivity contribution in [2.75, 3.05) is 19.6 Å². The molecule has 17 heavy (non-hydrogen) atoms. The number of likely N-dealkylation sites (tertiary alicyclic amines) is 1. The van der Waals surface area contributed by atoms with Crippen LogP contribution in [0.1, 0.15) is 26.2 Å². The third kappa shape index (κ3) is 2.77. The molecule has 0 aromatic heterocycles. The van der Waals surface area contributed by atoms with Crippen molar-refractivity contribution in [3.8, 4) is 0 Å². The molecule has 2 saturated heterocycles. The van der Waals surface area contributed by atoms with Crippen molar-refractivity contribution in [3.05, 3.63) is 0 Å². The number of hydrogen-bond acceptors (Lipinski definition) is 3. The molecule has 0 radical (unpaired) electrons. The standard InChI is InChI=1S/C12H21N3O2/c1-8(13)9-2-4-15(5-3-9)12(17)10-6-11(16)14-7-10/h8-10H,2-7,13H2,1H3,(H,14,16). The predicted molar refractivity (Wildman–Crippen MR) is 64.1 cm³/mol. The second kappa shape index (κ2) is 5.04. The van der Waals surface area contributed by atoms with Gasteiger partial charge in [-0.1, -0.05) is 0 Å². The zero-order valence-corrected chi connectivity index (χ0v) is 10.3. The van der Waals surface area contributed by atoms with Gasteiger partial charge in [0.1, 0.15) is 0 Å². The van der Waals surface area contributed by atoms with Gasteiger partial charge < -0.3 is 16.0 Å². The number of hydrogen-bond donors (Lipinski definition) is 2. The lowest BCUT2D eigenvalue weighted by atomic mass is 9.90. The smallest absolute Gasteiger partial charge is 0.227 e. The van der Waals surface area contributed by atoms with Gasteiger partial charge in [-0.15, -0.1) is 0 Å². The van der Waals surface area contributed by atoms with Crippen LogP contribution in [0.15, 0.2) is 0 Å². The fraction of sp³-hybridized carbons (Fsp3) is 0.833. The van der Waals surface area contributed by atoms with Crippen LogP contribution in [0.3, 0.4) is 0 Å². The molecule has 2 aliphatic heterocycles. The van der Waals surface area contributed by atoms with Crippen LogP contribution in [0.25, 0.3) is 0 Å². The maximum atomic E-state index is 12.1. The highest BCUT2D eigenvalue weighted by molar-refractivity contribution is 5.89. The summed E-state index contributed by atoms with van der Waals surface area (Å²) >= 11 is 0. The van der Waals surface area contributed by atoms with Gasteiger partial charge in [0.05, 0.1) is 5.92 Å². The molecule has 0 spiro atoms. The number of piperidine rings is 1. The summed E-state index contributed by atoms with van der Waals surface area (Å²) in [6.45, 7) is 4.11. The quantitative estimate of drug-likeness (QED) is 0.695. The first-order chi connectivity index (χ1) is 8.08. The molecule has 0 bridgehead atoms. The molecule has 2 unspecified atom stereocenters. The Morgan fingerprint density at radius 3 is 2.59 bits per heavy atom. The van der Waals surface area contributed by atoms with E-state index >= 15 is 0 Å². The lowest BCUT2D eigenvalue weighted by Crippen LogP contribution is -2.45. The second-order valence-electron chi connectivity index (χ2n) is 5.23. The van der Waals surface area contributed by atoms with Crippen LogP contribution in [-0.4, -0.2) is 42.4 Å². The fourth-order valence-corrected chi connectivity index (χ4v) is 2.68. The van der Waals surface area contributed by atoms with E-state index in [-0.39, 0.29) is 23.8 Å². The average Bonchev–Trinajstić information content (AvgIpc) is 2.75. The highest BCUT2D eigenvalue weighted by Crippen LogP contribution is 2.22. The van der Waals surface area contributed by atoms with Gasteiger partial charge in [0.2, 0.25) is 11.8 Å². The normalized spacial score (nSPS) is 28.0. The Morgan fingerprint density at radius 2 is 2.12 bits per heavy atom. The molecule has 2 fully saturated rings. The molecule has 0 aliphatic carbocycles. The largest absolute Gasteiger partial charge is 0.355 e. The summed E-state index contributed by atoms with van der Waals surface area (Å²) in [5.74, 6) is 0.511.